The predicted octanol–water partition coefficient (Wildman–Crippen LogP) is 8.05. The summed E-state index contributed by atoms with van der Waals surface area (Å²) in [5, 5.41) is 10.3. The molecule has 0 aliphatic carbocycles. The fraction of sp³-hybridized carbons (Fsp3) is 0.192. The zero-order chi connectivity index (χ0) is 22.2. The van der Waals surface area contributed by atoms with Crippen LogP contribution in [0.2, 0.25) is 0 Å². The van der Waals surface area contributed by atoms with Gasteiger partial charge in [-0.3, -0.25) is 4.99 Å². The summed E-state index contributed by atoms with van der Waals surface area (Å²) in [4.78, 5) is 5.02. The van der Waals surface area contributed by atoms with Gasteiger partial charge in [0.2, 0.25) is 0 Å². The molecule has 1 aromatic rings. The molecule has 0 unspecified atom stereocenters. The van der Waals surface area contributed by atoms with Crippen molar-refractivity contribution < 1.29 is 6.53 Å². The zero-order valence-electron chi connectivity index (χ0n) is 17.9. The third-order valence-electron chi connectivity index (χ3n) is 3.80. The molecular formula is C26H35NOS. The Kier molecular flexibility index (Phi) is 13.7. The van der Waals surface area contributed by atoms with Gasteiger partial charge in [-0.25, -0.2) is 0 Å². The number of aliphatic imine (C=N–C) groups is 1. The highest BCUT2D eigenvalue weighted by molar-refractivity contribution is 7.99. The lowest BCUT2D eigenvalue weighted by Gasteiger charge is -2.07. The quantitative estimate of drug-likeness (QED) is 0.173. The van der Waals surface area contributed by atoms with Crippen molar-refractivity contribution in [1.82, 2.24) is 0 Å². The maximum Gasteiger partial charge on any atom is 0.124 e. The van der Waals surface area contributed by atoms with Gasteiger partial charge in [-0.05, 0) is 55.0 Å². The van der Waals surface area contributed by atoms with E-state index in [1.807, 2.05) is 26.0 Å². The van der Waals surface area contributed by atoms with Crippen molar-refractivity contribution in [3.8, 4) is 0 Å². The Morgan fingerprint density at radius 1 is 1.14 bits per heavy atom. The van der Waals surface area contributed by atoms with Crippen molar-refractivity contribution in [3.05, 3.63) is 115 Å². The first-order chi connectivity index (χ1) is 13.9. The van der Waals surface area contributed by atoms with Gasteiger partial charge >= 0.3 is 0 Å². The van der Waals surface area contributed by atoms with Crippen LogP contribution in [0.3, 0.4) is 0 Å². The molecule has 0 fully saturated rings. The summed E-state index contributed by atoms with van der Waals surface area (Å²) in [7, 11) is 0. The maximum absolute atomic E-state index is 10.3. The third-order valence-corrected chi connectivity index (χ3v) is 4.89. The van der Waals surface area contributed by atoms with Crippen LogP contribution in [0.4, 0.5) is 0 Å². The molecule has 1 N–H and O–H groups in total. The molecule has 0 saturated heterocycles. The number of aliphatic hydroxyl groups is 1. The van der Waals surface area contributed by atoms with E-state index in [2.05, 4.69) is 62.3 Å². The molecule has 0 amide bonds. The summed E-state index contributed by atoms with van der Waals surface area (Å²) < 4.78 is 0. The topological polar surface area (TPSA) is 32.6 Å². The van der Waals surface area contributed by atoms with Crippen LogP contribution in [-0.2, 0) is 6.42 Å². The van der Waals surface area contributed by atoms with Crippen molar-refractivity contribution in [2.75, 3.05) is 5.75 Å². The highest BCUT2D eigenvalue weighted by Gasteiger charge is 2.05. The molecule has 1 rings (SSSR count). The molecule has 0 aliphatic rings. The fourth-order valence-corrected chi connectivity index (χ4v) is 3.18. The lowest BCUT2D eigenvalue weighted by Crippen LogP contribution is -1.93. The second-order valence-corrected chi connectivity index (χ2v) is 6.89. The highest BCUT2D eigenvalue weighted by Crippen LogP contribution is 2.23. The van der Waals surface area contributed by atoms with E-state index in [0.717, 1.165) is 22.5 Å². The molecule has 3 heteroatoms. The Hall–Kier alpha value is -2.78. The number of hydrogen-bond acceptors (Lipinski definition) is 3. The van der Waals surface area contributed by atoms with Gasteiger partial charge in [0.1, 0.15) is 5.76 Å². The number of rotatable bonds is 11. The van der Waals surface area contributed by atoms with Crippen molar-refractivity contribution in [1.29, 1.82) is 0 Å². The van der Waals surface area contributed by atoms with Gasteiger partial charge in [0, 0.05) is 23.3 Å². The van der Waals surface area contributed by atoms with Crippen molar-refractivity contribution in [3.63, 3.8) is 0 Å². The molecule has 0 heterocycles. The molecule has 0 aliphatic heterocycles. The fourth-order valence-electron chi connectivity index (χ4n) is 2.30. The van der Waals surface area contributed by atoms with Crippen LogP contribution in [0.5, 0.6) is 0 Å². The van der Waals surface area contributed by atoms with Gasteiger partial charge in [0.05, 0.1) is 0 Å². The molecular weight excluding hydrogens is 374 g/mol. The van der Waals surface area contributed by atoms with Gasteiger partial charge in [-0.15, -0.1) is 11.8 Å². The maximum atomic E-state index is 10.3. The summed E-state index contributed by atoms with van der Waals surface area (Å²) in [6.07, 6.45) is 9.44. The smallest absolute Gasteiger partial charge is 0.124 e. The Balaban J connectivity index is 0. The summed E-state index contributed by atoms with van der Waals surface area (Å²) in [6.45, 7) is 24.5. The largest absolute Gasteiger partial charge is 0.507 e. The van der Waals surface area contributed by atoms with Crippen LogP contribution in [0.25, 0.3) is 0 Å². The minimum atomic E-state index is 0. The Morgan fingerprint density at radius 2 is 1.76 bits per heavy atom. The van der Waals surface area contributed by atoms with Crippen LogP contribution in [0.15, 0.2) is 119 Å². The molecule has 0 aromatic heterocycles. The first-order valence-electron chi connectivity index (χ1n) is 9.49. The van der Waals surface area contributed by atoms with E-state index in [0.29, 0.717) is 17.7 Å². The summed E-state index contributed by atoms with van der Waals surface area (Å²) in [6, 6.07) is 8.33. The summed E-state index contributed by atoms with van der Waals surface area (Å²) in [5.41, 5.74) is 4.25. The lowest BCUT2D eigenvalue weighted by atomic mass is 10.0. The molecule has 1 aromatic carbocycles. The average Bonchev–Trinajstić information content (AvgIpc) is 2.73. The number of nitrogens with zero attached hydrogens (tertiary/aromatic N) is 1. The van der Waals surface area contributed by atoms with E-state index in [9.17, 15) is 5.11 Å². The normalized spacial score (nSPS) is 12.1. The lowest BCUT2D eigenvalue weighted by molar-refractivity contribution is 0.425. The van der Waals surface area contributed by atoms with E-state index in [4.69, 9.17) is 0 Å². The van der Waals surface area contributed by atoms with Crippen LogP contribution < -0.4 is 0 Å². The number of allylic oxidation sites excluding steroid dienone is 7. The van der Waals surface area contributed by atoms with Gasteiger partial charge in [-0.2, -0.15) is 0 Å². The predicted molar refractivity (Wildman–Crippen MR) is 135 cm³/mol. The van der Waals surface area contributed by atoms with Crippen LogP contribution in [-0.4, -0.2) is 17.6 Å². The number of aliphatic hydroxyl groups excluding tert-OH is 1. The Labute approximate surface area is 182 Å². The molecule has 156 valence electrons. The van der Waals surface area contributed by atoms with Gasteiger partial charge in [0.15, 0.2) is 0 Å². The molecule has 0 saturated carbocycles. The molecule has 0 atom stereocenters. The summed E-state index contributed by atoms with van der Waals surface area (Å²) >= 11 is 1.75. The van der Waals surface area contributed by atoms with Gasteiger partial charge in [-0.1, -0.05) is 76.6 Å². The molecule has 0 radical (unpaired) electrons. The zero-order valence-corrected chi connectivity index (χ0v) is 18.8. The number of thioether (sulfide) groups is 1. The molecule has 0 spiro atoms. The number of benzene rings is 1. The Bertz CT molecular complexity index is 814. The molecule has 2 nitrogen and oxygen atoms in total. The first kappa shape index (κ1) is 26.2. The number of hydrogen-bond donors (Lipinski definition) is 1. The van der Waals surface area contributed by atoms with E-state index in [1.54, 1.807) is 36.9 Å². The van der Waals surface area contributed by atoms with Gasteiger partial charge < -0.3 is 5.11 Å². The van der Waals surface area contributed by atoms with Crippen molar-refractivity contribution in [2.45, 2.75) is 32.1 Å². The van der Waals surface area contributed by atoms with Crippen LogP contribution in [0.1, 0.15) is 27.8 Å². The van der Waals surface area contributed by atoms with E-state index in [-0.39, 0.29) is 7.19 Å². The first-order valence-corrected chi connectivity index (χ1v) is 10.5. The Morgan fingerprint density at radius 3 is 2.24 bits per heavy atom. The van der Waals surface area contributed by atoms with Crippen LogP contribution in [0, 0.1) is 0 Å². The molecule has 0 bridgehead atoms. The average molecular weight is 410 g/mol. The monoisotopic (exact) mass is 409 g/mol. The molecule has 29 heavy (non-hydrogen) atoms. The third kappa shape index (κ3) is 9.82. The minimum absolute atomic E-state index is 0. The standard InChI is InChI=1S/C24H27NOS.C2H6.H2/c1-7-10-20(8-2)17-27-22-13-11-21(12-14-22)15-18(4)16-24(26)23(9-3)19(5)25-6;1-2;/h7-14,16,26H,1-4,6,15,17H2,5H3;1-2H3;1H/b20-10+,23-19+,24-16-;;. The minimum Gasteiger partial charge on any atom is -0.507 e. The SMILES string of the molecule is C=C/C=C(\C=C)CSc1ccc(CC(=C)/C=C(O)/C(C=C)=C(\C)N=C)cc1.CC.[HH]. The van der Waals surface area contributed by atoms with Crippen molar-refractivity contribution >= 4 is 18.5 Å². The van der Waals surface area contributed by atoms with Crippen molar-refractivity contribution in [2.24, 2.45) is 4.99 Å². The van der Waals surface area contributed by atoms with E-state index in [1.165, 1.54) is 4.90 Å². The second kappa shape index (κ2) is 15.2. The van der Waals surface area contributed by atoms with Gasteiger partial charge in [0.25, 0.3) is 0 Å². The van der Waals surface area contributed by atoms with E-state index < -0.39 is 0 Å². The second-order valence-electron chi connectivity index (χ2n) is 5.84. The highest BCUT2D eigenvalue weighted by atomic mass is 32.2. The van der Waals surface area contributed by atoms with E-state index >= 15 is 0 Å². The summed E-state index contributed by atoms with van der Waals surface area (Å²) in [5.74, 6) is 0.948. The van der Waals surface area contributed by atoms with Crippen LogP contribution >= 0.6 is 11.8 Å².